The summed E-state index contributed by atoms with van der Waals surface area (Å²) in [5, 5.41) is 0. The van der Waals surface area contributed by atoms with E-state index in [1.54, 1.807) is 6.20 Å². The van der Waals surface area contributed by atoms with Crippen LogP contribution in [0.1, 0.15) is 23.1 Å². The van der Waals surface area contributed by atoms with Crippen LogP contribution in [0.15, 0.2) is 54.7 Å². The predicted octanol–water partition coefficient (Wildman–Crippen LogP) is 3.77. The molecule has 2 aromatic carbocycles. The number of hydrogen-bond acceptors (Lipinski definition) is 7. The average molecular weight is 475 g/mol. The monoisotopic (exact) mass is 474 g/mol. The van der Waals surface area contributed by atoms with Crippen LogP contribution in [0.4, 0.5) is 5.69 Å². The van der Waals surface area contributed by atoms with Gasteiger partial charge in [-0.05, 0) is 54.3 Å². The van der Waals surface area contributed by atoms with E-state index < -0.39 is 0 Å². The van der Waals surface area contributed by atoms with Gasteiger partial charge >= 0.3 is 0 Å². The molecule has 8 nitrogen and oxygen atoms in total. The second kappa shape index (κ2) is 10.2. The zero-order valence-electron chi connectivity index (χ0n) is 19.9. The van der Waals surface area contributed by atoms with Crippen LogP contribution in [0.5, 0.6) is 23.1 Å². The van der Waals surface area contributed by atoms with Gasteiger partial charge in [-0.1, -0.05) is 18.2 Å². The molecule has 1 amide bonds. The number of pyridine rings is 1. The molecule has 3 aromatic rings. The zero-order valence-corrected chi connectivity index (χ0v) is 19.9. The summed E-state index contributed by atoms with van der Waals surface area (Å²) in [7, 11) is 0. The summed E-state index contributed by atoms with van der Waals surface area (Å²) >= 11 is 0. The van der Waals surface area contributed by atoms with Gasteiger partial charge in [0.2, 0.25) is 18.6 Å². The Balaban J connectivity index is 1.06. The van der Waals surface area contributed by atoms with E-state index in [0.717, 1.165) is 55.3 Å². The fourth-order valence-corrected chi connectivity index (χ4v) is 4.30. The van der Waals surface area contributed by atoms with Crippen LogP contribution in [0, 0.1) is 6.92 Å². The number of hydrogen-bond donors (Lipinski definition) is 1. The molecule has 1 saturated heterocycles. The lowest BCUT2D eigenvalue weighted by molar-refractivity contribution is -0.133. The van der Waals surface area contributed by atoms with Crippen LogP contribution in [-0.4, -0.2) is 53.7 Å². The molecule has 182 valence electrons. The third-order valence-corrected chi connectivity index (χ3v) is 6.47. The van der Waals surface area contributed by atoms with E-state index in [2.05, 4.69) is 16.0 Å². The van der Waals surface area contributed by atoms with Gasteiger partial charge in [-0.2, -0.15) is 0 Å². The van der Waals surface area contributed by atoms with Crippen molar-refractivity contribution in [3.63, 3.8) is 0 Å². The molecule has 35 heavy (non-hydrogen) atoms. The summed E-state index contributed by atoms with van der Waals surface area (Å²) in [6, 6.07) is 15.7. The van der Waals surface area contributed by atoms with Crippen molar-refractivity contribution in [3.8, 4) is 23.1 Å². The minimum absolute atomic E-state index is 0.203. The molecule has 2 N–H and O–H groups in total. The first-order valence-electron chi connectivity index (χ1n) is 11.9. The molecule has 0 saturated carbocycles. The molecule has 2 aliphatic heterocycles. The highest BCUT2D eigenvalue weighted by molar-refractivity contribution is 5.76. The Bertz CT molecular complexity index is 1190. The van der Waals surface area contributed by atoms with Crippen LogP contribution in [-0.2, 0) is 17.8 Å². The second-order valence-corrected chi connectivity index (χ2v) is 8.97. The molecule has 1 fully saturated rings. The molecule has 5 rings (SSSR count). The molecule has 0 aliphatic carbocycles. The Hall–Kier alpha value is -3.78. The number of anilines is 1. The molecule has 0 atom stereocenters. The van der Waals surface area contributed by atoms with Crippen LogP contribution in [0.2, 0.25) is 0 Å². The number of amides is 1. The lowest BCUT2D eigenvalue weighted by Gasteiger charge is -2.34. The van der Waals surface area contributed by atoms with Crippen molar-refractivity contribution in [2.45, 2.75) is 26.3 Å². The van der Waals surface area contributed by atoms with Crippen molar-refractivity contribution in [2.75, 3.05) is 38.7 Å². The van der Waals surface area contributed by atoms with Gasteiger partial charge in [-0.15, -0.1) is 0 Å². The van der Waals surface area contributed by atoms with Crippen molar-refractivity contribution >= 4 is 11.6 Å². The maximum absolute atomic E-state index is 12.8. The molecule has 2 aliphatic rings. The number of aromatic nitrogens is 1. The summed E-state index contributed by atoms with van der Waals surface area (Å²) in [6.45, 7) is 6.30. The lowest BCUT2D eigenvalue weighted by atomic mass is 10.1. The summed E-state index contributed by atoms with van der Waals surface area (Å²) < 4.78 is 16.7. The minimum atomic E-state index is 0.203. The van der Waals surface area contributed by atoms with Crippen molar-refractivity contribution in [3.05, 3.63) is 71.4 Å². The first-order valence-corrected chi connectivity index (χ1v) is 11.9. The highest BCUT2D eigenvalue weighted by Crippen LogP contribution is 2.33. The molecule has 0 spiro atoms. The van der Waals surface area contributed by atoms with Gasteiger partial charge in [-0.25, -0.2) is 4.98 Å². The number of carbonyl (C=O) groups excluding carboxylic acids is 1. The van der Waals surface area contributed by atoms with Gasteiger partial charge < -0.3 is 24.8 Å². The van der Waals surface area contributed by atoms with E-state index in [1.165, 1.54) is 5.56 Å². The lowest BCUT2D eigenvalue weighted by Crippen LogP contribution is -2.48. The van der Waals surface area contributed by atoms with Gasteiger partial charge in [0.15, 0.2) is 11.5 Å². The van der Waals surface area contributed by atoms with E-state index in [1.807, 2.05) is 54.3 Å². The summed E-state index contributed by atoms with van der Waals surface area (Å²) in [5.74, 6) is 3.04. The third-order valence-electron chi connectivity index (χ3n) is 6.47. The minimum Gasteiger partial charge on any atom is -0.454 e. The molecular weight excluding hydrogens is 444 g/mol. The molecule has 3 heterocycles. The van der Waals surface area contributed by atoms with Gasteiger partial charge in [0, 0.05) is 45.2 Å². The average Bonchev–Trinajstić information content (AvgIpc) is 3.34. The number of nitrogens with zero attached hydrogens (tertiary/aromatic N) is 3. The van der Waals surface area contributed by atoms with E-state index in [-0.39, 0.29) is 12.7 Å². The number of fused-ring (bicyclic) bond motifs is 1. The van der Waals surface area contributed by atoms with Crippen LogP contribution < -0.4 is 19.9 Å². The first kappa shape index (κ1) is 23.0. The number of piperazine rings is 1. The maximum Gasteiger partial charge on any atom is 0.231 e. The largest absolute Gasteiger partial charge is 0.454 e. The number of ether oxygens (including phenoxy) is 3. The molecule has 8 heteroatoms. The highest BCUT2D eigenvalue weighted by atomic mass is 16.7. The fraction of sp³-hybridized carbons (Fsp3) is 0.333. The number of rotatable bonds is 7. The van der Waals surface area contributed by atoms with E-state index in [9.17, 15) is 4.79 Å². The maximum atomic E-state index is 12.8. The normalized spacial score (nSPS) is 15.3. The number of benzene rings is 2. The quantitative estimate of drug-likeness (QED) is 0.557. The van der Waals surface area contributed by atoms with Crippen molar-refractivity contribution in [1.29, 1.82) is 0 Å². The van der Waals surface area contributed by atoms with Crippen molar-refractivity contribution < 1.29 is 19.0 Å². The summed E-state index contributed by atoms with van der Waals surface area (Å²) in [5.41, 5.74) is 9.68. The molecular formula is C27H30N4O4. The number of carbonyl (C=O) groups is 1. The third kappa shape index (κ3) is 5.66. The Morgan fingerprint density at radius 2 is 1.74 bits per heavy atom. The van der Waals surface area contributed by atoms with Crippen LogP contribution >= 0.6 is 0 Å². The van der Waals surface area contributed by atoms with Gasteiger partial charge in [0.25, 0.3) is 0 Å². The molecule has 1 aromatic heterocycles. The number of aryl methyl sites for hydroxylation is 2. The second-order valence-electron chi connectivity index (χ2n) is 8.97. The fourth-order valence-electron chi connectivity index (χ4n) is 4.30. The van der Waals surface area contributed by atoms with E-state index in [4.69, 9.17) is 19.9 Å². The Kier molecular flexibility index (Phi) is 6.72. The molecule has 0 radical (unpaired) electrons. The van der Waals surface area contributed by atoms with Crippen molar-refractivity contribution in [1.82, 2.24) is 14.8 Å². The Morgan fingerprint density at radius 3 is 2.51 bits per heavy atom. The van der Waals surface area contributed by atoms with Gasteiger partial charge in [0.1, 0.15) is 5.75 Å². The van der Waals surface area contributed by atoms with E-state index in [0.29, 0.717) is 30.2 Å². The Labute approximate surface area is 205 Å². The van der Waals surface area contributed by atoms with Crippen molar-refractivity contribution in [2.24, 2.45) is 0 Å². The first-order chi connectivity index (χ1) is 17.0. The Morgan fingerprint density at radius 1 is 1.00 bits per heavy atom. The SMILES string of the molecule is Cc1cc(Oc2ccc(CCC(=O)N3CCN(Cc4ccc5c(c4)OCO5)CC3)cc2)ncc1N. The predicted molar refractivity (Wildman–Crippen MR) is 133 cm³/mol. The molecule has 0 unspecified atom stereocenters. The highest BCUT2D eigenvalue weighted by Gasteiger charge is 2.22. The zero-order chi connectivity index (χ0) is 24.2. The van der Waals surface area contributed by atoms with Gasteiger partial charge in [0.05, 0.1) is 11.9 Å². The molecule has 0 bridgehead atoms. The smallest absolute Gasteiger partial charge is 0.231 e. The van der Waals surface area contributed by atoms with Gasteiger partial charge in [-0.3, -0.25) is 9.69 Å². The number of nitrogens with two attached hydrogens (primary N) is 1. The summed E-state index contributed by atoms with van der Waals surface area (Å²) in [6.07, 6.45) is 2.80. The number of nitrogen functional groups attached to an aromatic ring is 1. The topological polar surface area (TPSA) is 90.2 Å². The van der Waals surface area contributed by atoms with Crippen LogP contribution in [0.25, 0.3) is 0 Å². The van der Waals surface area contributed by atoms with Crippen LogP contribution in [0.3, 0.4) is 0 Å². The van der Waals surface area contributed by atoms with E-state index >= 15 is 0 Å². The summed E-state index contributed by atoms with van der Waals surface area (Å²) in [4.78, 5) is 21.3. The standard InChI is InChI=1S/C27H30N4O4/c1-19-14-26(29-16-23(19)28)35-22-6-2-20(3-7-22)5-9-27(32)31-12-10-30(11-13-31)17-21-4-8-24-25(15-21)34-18-33-24/h2-4,6-8,14-16H,5,9-13,17-18,28H2,1H3.